The molecule has 41 heavy (non-hydrogen) atoms. The van der Waals surface area contributed by atoms with E-state index >= 15 is 0 Å². The van der Waals surface area contributed by atoms with Gasteiger partial charge in [0.05, 0.1) is 31.3 Å². The lowest BCUT2D eigenvalue weighted by molar-refractivity contribution is -0.156. The van der Waals surface area contributed by atoms with Crippen LogP contribution in [-0.4, -0.2) is 76.2 Å². The van der Waals surface area contributed by atoms with Gasteiger partial charge >= 0.3 is 5.97 Å². The van der Waals surface area contributed by atoms with Gasteiger partial charge in [0.1, 0.15) is 17.6 Å². The lowest BCUT2D eigenvalue weighted by Gasteiger charge is -2.38. The summed E-state index contributed by atoms with van der Waals surface area (Å²) in [5, 5.41) is 10.6. The minimum absolute atomic E-state index is 0.262. The highest BCUT2D eigenvalue weighted by molar-refractivity contribution is 5.99. The molecule has 8 heteroatoms. The fourth-order valence-electron chi connectivity index (χ4n) is 6.88. The Morgan fingerprint density at radius 3 is 2.39 bits per heavy atom. The minimum Gasteiger partial charge on any atom is -0.465 e. The van der Waals surface area contributed by atoms with Crippen molar-refractivity contribution in [1.29, 1.82) is 0 Å². The second kappa shape index (κ2) is 11.6. The van der Waals surface area contributed by atoms with Gasteiger partial charge in [0.25, 0.3) is 0 Å². The van der Waals surface area contributed by atoms with E-state index in [4.69, 9.17) is 9.47 Å². The van der Waals surface area contributed by atoms with Gasteiger partial charge in [-0.05, 0) is 36.8 Å². The van der Waals surface area contributed by atoms with Crippen molar-refractivity contribution in [2.75, 3.05) is 19.8 Å². The molecule has 214 valence electrons. The summed E-state index contributed by atoms with van der Waals surface area (Å²) in [6, 6.07) is 17.6. The number of carbonyl (C=O) groups is 3. The number of fused-ring (bicyclic) bond motifs is 2. The molecule has 0 aromatic heterocycles. The topological polar surface area (TPSA) is 96.4 Å². The average Bonchev–Trinajstić information content (AvgIpc) is 3.39. The second-order valence-electron chi connectivity index (χ2n) is 11.3. The number of cyclic esters (lactones) is 1. The van der Waals surface area contributed by atoms with Crippen molar-refractivity contribution in [1.82, 2.24) is 9.80 Å². The van der Waals surface area contributed by atoms with E-state index in [2.05, 4.69) is 0 Å². The predicted molar refractivity (Wildman–Crippen MR) is 151 cm³/mol. The number of rotatable bonds is 6. The Morgan fingerprint density at radius 2 is 1.66 bits per heavy atom. The molecule has 1 unspecified atom stereocenters. The predicted octanol–water partition coefficient (Wildman–Crippen LogP) is 3.05. The van der Waals surface area contributed by atoms with Crippen LogP contribution in [0.15, 0.2) is 85.0 Å². The lowest BCUT2D eigenvalue weighted by atomic mass is 9.78. The van der Waals surface area contributed by atoms with E-state index < -0.39 is 41.6 Å². The lowest BCUT2D eigenvalue weighted by Crippen LogP contribution is -2.58. The molecule has 2 aromatic rings. The number of carbonyl (C=O) groups excluding carboxylic acids is 3. The number of aliphatic hydroxyl groups is 1. The van der Waals surface area contributed by atoms with Gasteiger partial charge in [0.2, 0.25) is 11.8 Å². The molecule has 4 heterocycles. The fourth-order valence-corrected chi connectivity index (χ4v) is 6.88. The van der Waals surface area contributed by atoms with Crippen molar-refractivity contribution >= 4 is 17.8 Å². The van der Waals surface area contributed by atoms with Crippen LogP contribution in [0.2, 0.25) is 0 Å². The first-order valence-corrected chi connectivity index (χ1v) is 14.5. The second-order valence-corrected chi connectivity index (χ2v) is 11.3. The van der Waals surface area contributed by atoms with Crippen LogP contribution >= 0.6 is 0 Å². The summed E-state index contributed by atoms with van der Waals surface area (Å²) in [6.07, 6.45) is 9.66. The maximum absolute atomic E-state index is 14.5. The number of hydrogen-bond acceptors (Lipinski definition) is 6. The highest BCUT2D eigenvalue weighted by atomic mass is 16.6. The monoisotopic (exact) mass is 556 g/mol. The van der Waals surface area contributed by atoms with Crippen molar-refractivity contribution < 1.29 is 29.0 Å². The first kappa shape index (κ1) is 27.4. The Labute approximate surface area is 240 Å². The number of ether oxygens (including phenoxy) is 2. The molecule has 2 saturated heterocycles. The fraction of sp³-hybridized carbons (Fsp3) is 0.424. The summed E-state index contributed by atoms with van der Waals surface area (Å²) in [7, 11) is 0. The number of aliphatic hydroxyl groups excluding tert-OH is 1. The quantitative estimate of drug-likeness (QED) is 0.434. The molecule has 2 fully saturated rings. The summed E-state index contributed by atoms with van der Waals surface area (Å²) >= 11 is 0. The number of allylic oxidation sites excluding steroid dienone is 1. The highest BCUT2D eigenvalue weighted by Gasteiger charge is 2.72. The van der Waals surface area contributed by atoms with E-state index in [0.29, 0.717) is 19.5 Å². The molecule has 0 bridgehead atoms. The van der Waals surface area contributed by atoms with Crippen LogP contribution in [0.25, 0.3) is 0 Å². The van der Waals surface area contributed by atoms with Crippen LogP contribution in [0, 0.1) is 11.8 Å². The molecule has 1 N–H and O–H groups in total. The van der Waals surface area contributed by atoms with Crippen molar-refractivity contribution in [3.63, 3.8) is 0 Å². The van der Waals surface area contributed by atoms with E-state index in [1.807, 2.05) is 85.0 Å². The molecule has 2 aromatic carbocycles. The third kappa shape index (κ3) is 5.00. The Balaban J connectivity index is 1.43. The van der Waals surface area contributed by atoms with Crippen LogP contribution < -0.4 is 0 Å². The maximum Gasteiger partial charge on any atom is 0.312 e. The number of likely N-dealkylation sites (tertiary alicyclic amines) is 1. The van der Waals surface area contributed by atoms with Gasteiger partial charge in [-0.2, -0.15) is 0 Å². The zero-order valence-electron chi connectivity index (χ0n) is 23.0. The SMILES string of the molecule is O=C1OCCCC/C=C\[C@@H]2O[C@]34C=CCN(Cc5ccccc5)C(=O)C3N([C@@H](CO)Cc3ccccc3)C(=O)[C@@H]4[C@H]12. The zero-order valence-corrected chi connectivity index (χ0v) is 23.0. The van der Waals surface area contributed by atoms with Crippen LogP contribution in [0.3, 0.4) is 0 Å². The molecule has 8 nitrogen and oxygen atoms in total. The first-order valence-electron chi connectivity index (χ1n) is 14.5. The Bertz CT molecular complexity index is 1330. The van der Waals surface area contributed by atoms with Crippen molar-refractivity contribution in [3.05, 3.63) is 96.1 Å². The summed E-state index contributed by atoms with van der Waals surface area (Å²) < 4.78 is 12.4. The van der Waals surface area contributed by atoms with Crippen LogP contribution in [0.5, 0.6) is 0 Å². The van der Waals surface area contributed by atoms with Gasteiger partial charge in [-0.25, -0.2) is 0 Å². The van der Waals surface area contributed by atoms with Crippen molar-refractivity contribution in [2.24, 2.45) is 11.8 Å². The standard InChI is InChI=1S/C33H36N2O6/c36-22-25(20-23-12-5-3-6-13-23)35-29-31(38)34(21-24-14-7-4-8-15-24)18-11-17-33(29)28(30(35)37)27-26(41-33)16-9-1-2-10-19-40-32(27)39/h3-9,11-17,25-29,36H,1-2,10,18-22H2/b16-9-/t25-,26+,27-,28+,29?,33+/m1/s1. The van der Waals surface area contributed by atoms with Gasteiger partial charge in [0, 0.05) is 13.1 Å². The third-order valence-corrected chi connectivity index (χ3v) is 8.76. The van der Waals surface area contributed by atoms with Gasteiger partial charge in [-0.1, -0.05) is 85.0 Å². The van der Waals surface area contributed by atoms with Gasteiger partial charge in [-0.15, -0.1) is 0 Å². The first-order chi connectivity index (χ1) is 20.0. The zero-order chi connectivity index (χ0) is 28.4. The Hall–Kier alpha value is -3.75. The molecule has 0 aliphatic carbocycles. The van der Waals surface area contributed by atoms with E-state index in [0.717, 1.165) is 30.4 Å². The highest BCUT2D eigenvalue weighted by Crippen LogP contribution is 2.53. The van der Waals surface area contributed by atoms with E-state index in [9.17, 15) is 19.5 Å². The molecule has 0 radical (unpaired) electrons. The molecule has 4 aliphatic heterocycles. The van der Waals surface area contributed by atoms with Gasteiger partial charge in [0.15, 0.2) is 0 Å². The largest absolute Gasteiger partial charge is 0.465 e. The number of esters is 1. The molecule has 4 aliphatic rings. The molecule has 6 rings (SSSR count). The Morgan fingerprint density at radius 1 is 0.927 bits per heavy atom. The number of benzene rings is 2. The van der Waals surface area contributed by atoms with E-state index in [1.54, 1.807) is 4.90 Å². The summed E-state index contributed by atoms with van der Waals surface area (Å²) in [5.74, 6) is -2.94. The average molecular weight is 557 g/mol. The Kier molecular flexibility index (Phi) is 7.77. The maximum atomic E-state index is 14.5. The molecular formula is C33H36N2O6. The summed E-state index contributed by atoms with van der Waals surface area (Å²) in [6.45, 7) is 0.640. The van der Waals surface area contributed by atoms with Crippen molar-refractivity contribution in [3.8, 4) is 0 Å². The molecular weight excluding hydrogens is 520 g/mol. The van der Waals surface area contributed by atoms with Crippen LogP contribution in [0.4, 0.5) is 0 Å². The summed E-state index contributed by atoms with van der Waals surface area (Å²) in [4.78, 5) is 45.8. The molecule has 6 atom stereocenters. The molecule has 1 spiro atoms. The third-order valence-electron chi connectivity index (χ3n) is 8.76. The van der Waals surface area contributed by atoms with Crippen LogP contribution in [-0.2, 0) is 36.8 Å². The summed E-state index contributed by atoms with van der Waals surface area (Å²) in [5.41, 5.74) is 0.535. The minimum atomic E-state index is -1.36. The smallest absolute Gasteiger partial charge is 0.312 e. The number of nitrogens with zero attached hydrogens (tertiary/aromatic N) is 2. The van der Waals surface area contributed by atoms with E-state index in [-0.39, 0.29) is 25.0 Å². The molecule has 2 amide bonds. The number of amides is 2. The molecule has 0 saturated carbocycles. The number of hydrogen-bond donors (Lipinski definition) is 1. The van der Waals surface area contributed by atoms with Gasteiger partial charge < -0.3 is 24.4 Å². The van der Waals surface area contributed by atoms with E-state index in [1.165, 1.54) is 4.90 Å². The van der Waals surface area contributed by atoms with Crippen LogP contribution in [0.1, 0.15) is 30.4 Å². The van der Waals surface area contributed by atoms with Crippen molar-refractivity contribution in [2.45, 2.75) is 56.0 Å². The normalized spacial score (nSPS) is 31.1. The van der Waals surface area contributed by atoms with Gasteiger partial charge in [-0.3, -0.25) is 14.4 Å².